The van der Waals surface area contributed by atoms with Gasteiger partial charge in [0.1, 0.15) is 0 Å². The van der Waals surface area contributed by atoms with Gasteiger partial charge in [-0.25, -0.2) is 0 Å². The van der Waals surface area contributed by atoms with Crippen LogP contribution in [0.2, 0.25) is 0 Å². The summed E-state index contributed by atoms with van der Waals surface area (Å²) < 4.78 is 0. The van der Waals surface area contributed by atoms with Crippen LogP contribution in [-0.4, -0.2) is 25.9 Å². The quantitative estimate of drug-likeness (QED) is 0.787. The van der Waals surface area contributed by atoms with Crippen molar-refractivity contribution in [2.24, 2.45) is 11.8 Å². The van der Waals surface area contributed by atoms with Crippen molar-refractivity contribution in [3.05, 3.63) is 72.8 Å². The lowest BCUT2D eigenvalue weighted by atomic mass is 9.81. The summed E-state index contributed by atoms with van der Waals surface area (Å²) in [6.07, 6.45) is 5.20. The second kappa shape index (κ2) is 8.00. The number of benzene rings is 2. The predicted molar refractivity (Wildman–Crippen MR) is 105 cm³/mol. The molecule has 134 valence electrons. The van der Waals surface area contributed by atoms with Crippen molar-refractivity contribution >= 4 is 23.2 Å². The highest BCUT2D eigenvalue weighted by molar-refractivity contribution is 6.01. The third kappa shape index (κ3) is 3.69. The molecule has 2 atom stereocenters. The molecule has 0 aliphatic heterocycles. The molecule has 1 aliphatic carbocycles. The Morgan fingerprint density at radius 2 is 1.04 bits per heavy atom. The number of anilines is 2. The highest BCUT2D eigenvalue weighted by atomic mass is 16.2. The number of para-hydroxylation sites is 2. The topological polar surface area (TPSA) is 40.6 Å². The van der Waals surface area contributed by atoms with Gasteiger partial charge in [0, 0.05) is 25.5 Å². The lowest BCUT2D eigenvalue weighted by Crippen LogP contribution is -2.44. The van der Waals surface area contributed by atoms with E-state index < -0.39 is 0 Å². The molecular weight excluding hydrogens is 324 g/mol. The van der Waals surface area contributed by atoms with Crippen molar-refractivity contribution in [3.8, 4) is 0 Å². The number of hydrogen-bond acceptors (Lipinski definition) is 2. The van der Waals surface area contributed by atoms with Crippen LogP contribution in [0.4, 0.5) is 11.4 Å². The molecule has 2 amide bonds. The molecule has 0 saturated carbocycles. The zero-order chi connectivity index (χ0) is 18.5. The van der Waals surface area contributed by atoms with Crippen molar-refractivity contribution in [2.75, 3.05) is 23.9 Å². The number of nitrogens with zero attached hydrogens (tertiary/aromatic N) is 2. The fraction of sp³-hybridized carbons (Fsp3) is 0.273. The van der Waals surface area contributed by atoms with Crippen molar-refractivity contribution < 1.29 is 9.59 Å². The average molecular weight is 348 g/mol. The van der Waals surface area contributed by atoms with Crippen molar-refractivity contribution in [2.45, 2.75) is 12.8 Å². The van der Waals surface area contributed by atoms with E-state index in [1.165, 1.54) is 0 Å². The van der Waals surface area contributed by atoms with E-state index in [1.54, 1.807) is 23.9 Å². The lowest BCUT2D eigenvalue weighted by Gasteiger charge is -2.32. The van der Waals surface area contributed by atoms with Gasteiger partial charge in [0.2, 0.25) is 11.8 Å². The van der Waals surface area contributed by atoms with Crippen LogP contribution in [0.3, 0.4) is 0 Å². The van der Waals surface area contributed by atoms with Crippen LogP contribution in [0.15, 0.2) is 72.8 Å². The Labute approximate surface area is 154 Å². The summed E-state index contributed by atoms with van der Waals surface area (Å²) >= 11 is 0. The summed E-state index contributed by atoms with van der Waals surface area (Å²) in [5, 5.41) is 0. The standard InChI is InChI=1S/C22H24N2O2/c1-23(17-11-5-3-6-12-17)21(25)19-15-9-10-16-20(19)22(26)24(2)18-13-7-4-8-14-18/h3-14,19-20H,15-16H2,1-2H3/t19-,20+. The number of amides is 2. The smallest absolute Gasteiger partial charge is 0.230 e. The van der Waals surface area contributed by atoms with Gasteiger partial charge in [-0.05, 0) is 37.1 Å². The van der Waals surface area contributed by atoms with Gasteiger partial charge in [0.05, 0.1) is 11.8 Å². The van der Waals surface area contributed by atoms with Crippen LogP contribution in [0.5, 0.6) is 0 Å². The van der Waals surface area contributed by atoms with Crippen molar-refractivity contribution in [3.63, 3.8) is 0 Å². The summed E-state index contributed by atoms with van der Waals surface area (Å²) in [6.45, 7) is 0. The first-order chi connectivity index (χ1) is 12.6. The molecule has 0 heterocycles. The van der Waals surface area contributed by atoms with Gasteiger partial charge in [-0.2, -0.15) is 0 Å². The summed E-state index contributed by atoms with van der Waals surface area (Å²) in [6, 6.07) is 19.1. The van der Waals surface area contributed by atoms with E-state index in [0.717, 1.165) is 11.4 Å². The summed E-state index contributed by atoms with van der Waals surface area (Å²) in [4.78, 5) is 29.5. The third-order valence-electron chi connectivity index (χ3n) is 5.01. The van der Waals surface area contributed by atoms with Gasteiger partial charge in [0.15, 0.2) is 0 Å². The Balaban J connectivity index is 1.80. The molecule has 0 unspecified atom stereocenters. The number of carbonyl (C=O) groups excluding carboxylic acids is 2. The Morgan fingerprint density at radius 1 is 0.692 bits per heavy atom. The summed E-state index contributed by atoms with van der Waals surface area (Å²) in [7, 11) is 3.55. The van der Waals surface area contributed by atoms with Gasteiger partial charge in [0.25, 0.3) is 0 Å². The Kier molecular flexibility index (Phi) is 5.52. The maximum Gasteiger partial charge on any atom is 0.230 e. The summed E-state index contributed by atoms with van der Waals surface area (Å²) in [5.74, 6) is -0.714. The molecule has 0 saturated heterocycles. The number of carbonyl (C=O) groups is 2. The van der Waals surface area contributed by atoms with Gasteiger partial charge in [-0.1, -0.05) is 48.6 Å². The third-order valence-corrected chi connectivity index (χ3v) is 5.01. The highest BCUT2D eigenvalue weighted by Gasteiger charge is 2.37. The normalized spacial score (nSPS) is 19.0. The number of allylic oxidation sites excluding steroid dienone is 2. The fourth-order valence-corrected chi connectivity index (χ4v) is 3.42. The maximum atomic E-state index is 13.1. The zero-order valence-corrected chi connectivity index (χ0v) is 15.2. The number of hydrogen-bond donors (Lipinski definition) is 0. The molecule has 0 radical (unpaired) electrons. The molecule has 0 bridgehead atoms. The maximum absolute atomic E-state index is 13.1. The van der Waals surface area contributed by atoms with Crippen LogP contribution in [0.1, 0.15) is 12.8 Å². The molecule has 26 heavy (non-hydrogen) atoms. The van der Waals surface area contributed by atoms with E-state index >= 15 is 0 Å². The molecule has 2 aromatic rings. The van der Waals surface area contributed by atoms with E-state index in [0.29, 0.717) is 12.8 Å². The molecule has 0 N–H and O–H groups in total. The van der Waals surface area contributed by atoms with Crippen molar-refractivity contribution in [1.29, 1.82) is 0 Å². The van der Waals surface area contributed by atoms with Crippen LogP contribution in [0.25, 0.3) is 0 Å². The molecule has 4 heteroatoms. The van der Waals surface area contributed by atoms with Gasteiger partial charge in [-0.15, -0.1) is 0 Å². The SMILES string of the molecule is CN(C(=O)[C@H]1CC=CC[C@H]1C(=O)N(C)c1ccccc1)c1ccccc1. The minimum absolute atomic E-state index is 0.0136. The largest absolute Gasteiger partial charge is 0.315 e. The van der Waals surface area contributed by atoms with Crippen molar-refractivity contribution in [1.82, 2.24) is 0 Å². The second-order valence-corrected chi connectivity index (χ2v) is 6.62. The van der Waals surface area contributed by atoms with Crippen LogP contribution in [0, 0.1) is 11.8 Å². The Hall–Kier alpha value is -2.88. The van der Waals surface area contributed by atoms with E-state index in [-0.39, 0.29) is 23.7 Å². The minimum Gasteiger partial charge on any atom is -0.315 e. The first kappa shape index (κ1) is 17.9. The first-order valence-corrected chi connectivity index (χ1v) is 8.90. The second-order valence-electron chi connectivity index (χ2n) is 6.62. The van der Waals surface area contributed by atoms with Crippen LogP contribution in [-0.2, 0) is 9.59 Å². The molecular formula is C22H24N2O2. The van der Waals surface area contributed by atoms with Gasteiger partial charge in [-0.3, -0.25) is 9.59 Å². The van der Waals surface area contributed by atoms with E-state index in [2.05, 4.69) is 0 Å². The highest BCUT2D eigenvalue weighted by Crippen LogP contribution is 2.31. The molecule has 0 aromatic heterocycles. The van der Waals surface area contributed by atoms with Gasteiger partial charge < -0.3 is 9.80 Å². The zero-order valence-electron chi connectivity index (χ0n) is 15.2. The molecule has 4 nitrogen and oxygen atoms in total. The van der Waals surface area contributed by atoms with Gasteiger partial charge >= 0.3 is 0 Å². The Morgan fingerprint density at radius 3 is 1.38 bits per heavy atom. The van der Waals surface area contributed by atoms with Crippen LogP contribution >= 0.6 is 0 Å². The van der Waals surface area contributed by atoms with E-state index in [9.17, 15) is 9.59 Å². The average Bonchev–Trinajstić information content (AvgIpc) is 2.73. The molecule has 2 aromatic carbocycles. The lowest BCUT2D eigenvalue weighted by molar-refractivity contribution is -0.131. The molecule has 3 rings (SSSR count). The molecule has 0 fully saturated rings. The van der Waals surface area contributed by atoms with Crippen LogP contribution < -0.4 is 9.80 Å². The monoisotopic (exact) mass is 348 g/mol. The fourth-order valence-electron chi connectivity index (χ4n) is 3.42. The Bertz CT molecular complexity index is 719. The van der Waals surface area contributed by atoms with E-state index in [1.807, 2.05) is 72.8 Å². The summed E-state index contributed by atoms with van der Waals surface area (Å²) in [5.41, 5.74) is 1.68. The van der Waals surface area contributed by atoms with E-state index in [4.69, 9.17) is 0 Å². The molecule has 1 aliphatic rings. The number of rotatable bonds is 4. The minimum atomic E-state index is -0.344. The molecule has 0 spiro atoms. The predicted octanol–water partition coefficient (Wildman–Crippen LogP) is 3.89. The first-order valence-electron chi connectivity index (χ1n) is 8.90.